The predicted molar refractivity (Wildman–Crippen MR) is 134 cm³/mol. The smallest absolute Gasteiger partial charge is 0.408 e. The molecule has 34 heavy (non-hydrogen) atoms. The predicted octanol–water partition coefficient (Wildman–Crippen LogP) is 3.02. The summed E-state index contributed by atoms with van der Waals surface area (Å²) in [5.74, 6) is 0.611. The second-order valence-corrected chi connectivity index (χ2v) is 8.16. The molecule has 0 bridgehead atoms. The fraction of sp³-hybridized carbons (Fsp3) is 0.217. The Morgan fingerprint density at radius 1 is 1.18 bits per heavy atom. The monoisotopic (exact) mass is 577 g/mol. The Hall–Kier alpha value is -3.61. The third-order valence-electron chi connectivity index (χ3n) is 4.68. The van der Waals surface area contributed by atoms with Crippen molar-refractivity contribution in [1.29, 1.82) is 0 Å². The quantitative estimate of drug-likeness (QED) is 0.193. The molecule has 0 aliphatic heterocycles. The molecule has 1 heterocycles. The lowest BCUT2D eigenvalue weighted by Gasteiger charge is -2.16. The van der Waals surface area contributed by atoms with Crippen LogP contribution < -0.4 is 20.2 Å². The van der Waals surface area contributed by atoms with E-state index in [1.807, 2.05) is 30.3 Å². The van der Waals surface area contributed by atoms with E-state index in [9.17, 15) is 9.59 Å². The van der Waals surface area contributed by atoms with Crippen molar-refractivity contribution in [2.24, 2.45) is 5.10 Å². The average Bonchev–Trinajstić information content (AvgIpc) is 3.36. The molecule has 0 aliphatic carbocycles. The Labute approximate surface area is 210 Å². The van der Waals surface area contributed by atoms with Crippen LogP contribution in [0.25, 0.3) is 0 Å². The number of aromatic nitrogens is 2. The van der Waals surface area contributed by atoms with Crippen LogP contribution in [0.3, 0.4) is 0 Å². The number of methoxy groups -OCH3 is 2. The summed E-state index contributed by atoms with van der Waals surface area (Å²) in [5.41, 5.74) is 4.69. The van der Waals surface area contributed by atoms with Crippen molar-refractivity contribution in [1.82, 2.24) is 20.7 Å². The molecule has 0 fully saturated rings. The van der Waals surface area contributed by atoms with Gasteiger partial charge in [0.2, 0.25) is 0 Å². The van der Waals surface area contributed by atoms with Crippen LogP contribution in [0, 0.1) is 3.57 Å². The van der Waals surface area contributed by atoms with Crippen molar-refractivity contribution in [3.63, 3.8) is 0 Å². The number of rotatable bonds is 10. The van der Waals surface area contributed by atoms with E-state index in [4.69, 9.17) is 14.2 Å². The van der Waals surface area contributed by atoms with E-state index < -0.39 is 18.0 Å². The summed E-state index contributed by atoms with van der Waals surface area (Å²) >= 11 is 2.13. The molecular formula is C23H24IN5O5. The normalized spacial score (nSPS) is 11.6. The van der Waals surface area contributed by atoms with E-state index in [1.165, 1.54) is 19.7 Å². The number of aromatic amines is 1. The number of carbonyl (C=O) groups is 2. The number of carbonyl (C=O) groups excluding carboxylic acids is 2. The fourth-order valence-corrected chi connectivity index (χ4v) is 3.52. The minimum absolute atomic E-state index is 0.0843. The number of hydrogen-bond donors (Lipinski definition) is 3. The summed E-state index contributed by atoms with van der Waals surface area (Å²) in [7, 11) is 3.09. The Morgan fingerprint density at radius 3 is 2.59 bits per heavy atom. The van der Waals surface area contributed by atoms with E-state index in [2.05, 4.69) is 48.4 Å². The summed E-state index contributed by atoms with van der Waals surface area (Å²) in [6.45, 7) is 0.0843. The fourth-order valence-electron chi connectivity index (χ4n) is 2.94. The SMILES string of the molecule is COc1cc(I)c(/C=N\NC(=O)[C@H](Cc2cnc[nH]2)NC(=O)OCc2ccccc2)cc1OC. The highest BCUT2D eigenvalue weighted by Crippen LogP contribution is 2.30. The molecule has 0 unspecified atom stereocenters. The van der Waals surface area contributed by atoms with E-state index in [0.717, 1.165) is 14.7 Å². The first-order valence-corrected chi connectivity index (χ1v) is 11.3. The van der Waals surface area contributed by atoms with Gasteiger partial charge in [-0.25, -0.2) is 15.2 Å². The van der Waals surface area contributed by atoms with Gasteiger partial charge in [0.05, 0.1) is 26.8 Å². The number of benzene rings is 2. The van der Waals surface area contributed by atoms with E-state index in [0.29, 0.717) is 17.2 Å². The van der Waals surface area contributed by atoms with Crippen LogP contribution >= 0.6 is 22.6 Å². The average molecular weight is 577 g/mol. The van der Waals surface area contributed by atoms with Crippen LogP contribution in [0.15, 0.2) is 60.1 Å². The van der Waals surface area contributed by atoms with Gasteiger partial charge in [-0.05, 0) is 40.3 Å². The number of imidazole rings is 1. The molecule has 11 heteroatoms. The van der Waals surface area contributed by atoms with Gasteiger partial charge < -0.3 is 24.5 Å². The van der Waals surface area contributed by atoms with Gasteiger partial charge in [0, 0.05) is 27.4 Å². The third kappa shape index (κ3) is 7.20. The summed E-state index contributed by atoms with van der Waals surface area (Å²) < 4.78 is 16.7. The maximum atomic E-state index is 12.8. The van der Waals surface area contributed by atoms with Gasteiger partial charge in [-0.1, -0.05) is 30.3 Å². The molecule has 0 spiro atoms. The number of halogens is 1. The lowest BCUT2D eigenvalue weighted by molar-refractivity contribution is -0.123. The first kappa shape index (κ1) is 25.0. The minimum Gasteiger partial charge on any atom is -0.493 e. The Kier molecular flexibility index (Phi) is 9.26. The van der Waals surface area contributed by atoms with Gasteiger partial charge in [-0.3, -0.25) is 4.79 Å². The van der Waals surface area contributed by atoms with Crippen LogP contribution in [-0.2, 0) is 22.6 Å². The van der Waals surface area contributed by atoms with Crippen molar-refractivity contribution in [2.75, 3.05) is 14.2 Å². The highest BCUT2D eigenvalue weighted by Gasteiger charge is 2.22. The lowest BCUT2D eigenvalue weighted by atomic mass is 10.1. The molecule has 3 aromatic rings. The topological polar surface area (TPSA) is 127 Å². The minimum atomic E-state index is -0.939. The van der Waals surface area contributed by atoms with Crippen molar-refractivity contribution in [3.8, 4) is 11.5 Å². The molecule has 3 rings (SSSR count). The zero-order valence-corrected chi connectivity index (χ0v) is 20.7. The van der Waals surface area contributed by atoms with E-state index >= 15 is 0 Å². The van der Waals surface area contributed by atoms with Gasteiger partial charge in [0.15, 0.2) is 11.5 Å². The number of nitrogens with one attached hydrogen (secondary N) is 3. The van der Waals surface area contributed by atoms with E-state index in [-0.39, 0.29) is 13.0 Å². The maximum Gasteiger partial charge on any atom is 0.408 e. The molecule has 178 valence electrons. The number of ether oxygens (including phenoxy) is 3. The molecule has 2 amide bonds. The first-order chi connectivity index (χ1) is 16.5. The van der Waals surface area contributed by atoms with Crippen LogP contribution in [0.5, 0.6) is 11.5 Å². The maximum absolute atomic E-state index is 12.8. The highest BCUT2D eigenvalue weighted by atomic mass is 127. The van der Waals surface area contributed by atoms with Crippen LogP contribution in [0.1, 0.15) is 16.8 Å². The van der Waals surface area contributed by atoms with Crippen molar-refractivity contribution in [3.05, 3.63) is 75.4 Å². The van der Waals surface area contributed by atoms with Crippen LogP contribution in [0.2, 0.25) is 0 Å². The molecule has 10 nitrogen and oxygen atoms in total. The number of nitrogens with zero attached hydrogens (tertiary/aromatic N) is 2. The number of alkyl carbamates (subject to hydrolysis) is 1. The summed E-state index contributed by atoms with van der Waals surface area (Å²) in [6.07, 6.45) is 4.02. The number of hydrogen-bond acceptors (Lipinski definition) is 7. The van der Waals surface area contributed by atoms with Crippen molar-refractivity contribution in [2.45, 2.75) is 19.1 Å². The summed E-state index contributed by atoms with van der Waals surface area (Å²) in [4.78, 5) is 32.0. The summed E-state index contributed by atoms with van der Waals surface area (Å²) in [5, 5.41) is 6.63. The largest absolute Gasteiger partial charge is 0.493 e. The Morgan fingerprint density at radius 2 is 1.91 bits per heavy atom. The van der Waals surface area contributed by atoms with Gasteiger partial charge in [0.1, 0.15) is 12.6 Å². The number of hydrazone groups is 1. The van der Waals surface area contributed by atoms with Crippen LogP contribution in [-0.4, -0.2) is 48.4 Å². The molecule has 0 radical (unpaired) electrons. The van der Waals surface area contributed by atoms with Crippen molar-refractivity contribution >= 4 is 40.8 Å². The second-order valence-electron chi connectivity index (χ2n) is 7.00. The molecule has 1 atom stereocenters. The molecule has 0 saturated heterocycles. The lowest BCUT2D eigenvalue weighted by Crippen LogP contribution is -2.47. The van der Waals surface area contributed by atoms with Crippen molar-refractivity contribution < 1.29 is 23.8 Å². The molecular weight excluding hydrogens is 553 g/mol. The highest BCUT2D eigenvalue weighted by molar-refractivity contribution is 14.1. The number of amides is 2. The summed E-state index contributed by atoms with van der Waals surface area (Å²) in [6, 6.07) is 11.9. The molecule has 0 aliphatic rings. The molecule has 2 aromatic carbocycles. The standard InChI is InChI=1S/C23H24IN5O5/c1-32-20-8-16(18(24)10-21(20)33-2)11-27-29-22(30)19(9-17-12-25-14-26-17)28-23(31)34-13-15-6-4-3-5-7-15/h3-8,10-12,14,19H,9,13H2,1-2H3,(H,25,26)(H,28,31)(H,29,30)/b27-11-/t19-/m0/s1. The third-order valence-corrected chi connectivity index (χ3v) is 5.62. The van der Waals surface area contributed by atoms with Crippen LogP contribution in [0.4, 0.5) is 4.79 Å². The molecule has 0 saturated carbocycles. The van der Waals surface area contributed by atoms with Gasteiger partial charge in [-0.2, -0.15) is 5.10 Å². The Bertz CT molecular complexity index is 1120. The zero-order chi connectivity index (χ0) is 24.3. The first-order valence-electron chi connectivity index (χ1n) is 10.2. The second kappa shape index (κ2) is 12.6. The number of H-pyrrole nitrogens is 1. The zero-order valence-electron chi connectivity index (χ0n) is 18.6. The van der Waals surface area contributed by atoms with Gasteiger partial charge in [0.25, 0.3) is 5.91 Å². The van der Waals surface area contributed by atoms with Gasteiger partial charge in [-0.15, -0.1) is 0 Å². The molecule has 1 aromatic heterocycles. The Balaban J connectivity index is 1.65. The van der Waals surface area contributed by atoms with Gasteiger partial charge >= 0.3 is 6.09 Å². The van der Waals surface area contributed by atoms with E-state index in [1.54, 1.807) is 25.4 Å². The molecule has 3 N–H and O–H groups in total.